The van der Waals surface area contributed by atoms with Crippen molar-refractivity contribution in [2.24, 2.45) is 0 Å². The number of ether oxygens (including phenoxy) is 1. The van der Waals surface area contributed by atoms with Crippen LogP contribution in [0.4, 0.5) is 23.5 Å². The van der Waals surface area contributed by atoms with Crippen molar-refractivity contribution in [3.05, 3.63) is 29.5 Å². The number of hydrogen-bond donors (Lipinski definition) is 12. The number of hydrogen-bond acceptors (Lipinski definition) is 22. The number of fused-ring (bicyclic) bond motifs is 2. The van der Waals surface area contributed by atoms with Gasteiger partial charge in [0, 0.05) is 24.2 Å². The molecular weight excluding hydrogens is 909 g/mol. The number of aromatic nitrogens is 11. The van der Waals surface area contributed by atoms with Crippen LogP contribution in [-0.2, 0) is 14.3 Å². The maximum Gasteiger partial charge on any atom is 0.247 e. The first kappa shape index (κ1) is 45.7. The molecule has 12 N–H and O–H groups in total. The van der Waals surface area contributed by atoms with Gasteiger partial charge < -0.3 is 71.8 Å². The van der Waals surface area contributed by atoms with E-state index in [1.165, 1.54) is 23.5 Å². The summed E-state index contributed by atoms with van der Waals surface area (Å²) in [5, 5.41) is 79.4. The van der Waals surface area contributed by atoms with Crippen LogP contribution >= 0.6 is 23.2 Å². The van der Waals surface area contributed by atoms with Gasteiger partial charge in [0.1, 0.15) is 44.0 Å². The molecule has 8 atom stereocenters. The molecule has 0 bridgehead atoms. The number of carbonyl (C=O) groups is 2. The van der Waals surface area contributed by atoms with E-state index < -0.39 is 74.0 Å². The van der Waals surface area contributed by atoms with Gasteiger partial charge in [-0.1, -0.05) is 0 Å². The summed E-state index contributed by atoms with van der Waals surface area (Å²) in [5.74, 6) is 0.333. The summed E-state index contributed by atoms with van der Waals surface area (Å²) >= 11 is 12.7. The molecule has 0 radical (unpaired) electrons. The number of halogens is 2. The summed E-state index contributed by atoms with van der Waals surface area (Å²) < 4.78 is 8.74. The van der Waals surface area contributed by atoms with Crippen molar-refractivity contribution < 1.29 is 45.0 Å². The number of carbonyl (C=O) groups excluding carboxylic acids is 2. The second kappa shape index (κ2) is 19.4. The van der Waals surface area contributed by atoms with Gasteiger partial charge in [-0.3, -0.25) is 14.2 Å². The lowest BCUT2D eigenvalue weighted by Gasteiger charge is -2.30. The van der Waals surface area contributed by atoms with Crippen LogP contribution in [0.3, 0.4) is 0 Å². The largest absolute Gasteiger partial charge is 0.388 e. The summed E-state index contributed by atoms with van der Waals surface area (Å²) in [6, 6.07) is -1.16. The lowest BCUT2D eigenvalue weighted by molar-refractivity contribution is -0.131. The molecule has 0 spiro atoms. The maximum atomic E-state index is 11.8. The third-order valence-corrected chi connectivity index (χ3v) is 13.0. The lowest BCUT2D eigenvalue weighted by atomic mass is 9.91. The van der Waals surface area contributed by atoms with Crippen LogP contribution in [0.15, 0.2) is 19.0 Å². The molecule has 3 saturated carbocycles. The van der Waals surface area contributed by atoms with Gasteiger partial charge in [-0.15, -0.1) is 0 Å². The molecule has 9 rings (SSSR count). The molecule has 28 heteroatoms. The number of nitrogens with one attached hydrogen (secondary N) is 6. The molecule has 5 aromatic heterocycles. The highest BCUT2D eigenvalue weighted by Crippen LogP contribution is 2.36. The van der Waals surface area contributed by atoms with E-state index in [0.29, 0.717) is 40.2 Å². The highest BCUT2D eigenvalue weighted by Gasteiger charge is 2.46. The highest BCUT2D eigenvalue weighted by molar-refractivity contribution is 6.29. The van der Waals surface area contributed by atoms with Crippen LogP contribution < -0.4 is 31.9 Å². The predicted molar refractivity (Wildman–Crippen MR) is 233 cm³/mol. The zero-order valence-electron chi connectivity index (χ0n) is 35.0. The summed E-state index contributed by atoms with van der Waals surface area (Å²) in [6.45, 7) is -1.55. The Balaban J connectivity index is 0.756. The second-order valence-corrected chi connectivity index (χ2v) is 17.6. The van der Waals surface area contributed by atoms with E-state index in [2.05, 4.69) is 76.8 Å². The van der Waals surface area contributed by atoms with Gasteiger partial charge in [0.05, 0.1) is 24.7 Å². The van der Waals surface area contributed by atoms with Crippen molar-refractivity contribution in [3.63, 3.8) is 0 Å². The Morgan fingerprint density at radius 3 is 1.62 bits per heavy atom. The number of aliphatic hydroxyl groups is 6. The third-order valence-electron chi connectivity index (χ3n) is 12.6. The molecule has 2 amide bonds. The lowest BCUT2D eigenvalue weighted by Crippen LogP contribution is -2.44. The number of anilines is 4. The predicted octanol–water partition coefficient (Wildman–Crippen LogP) is -1.04. The molecule has 6 heterocycles. The van der Waals surface area contributed by atoms with Gasteiger partial charge in [0.25, 0.3) is 0 Å². The minimum absolute atomic E-state index is 0.0191. The molecule has 0 unspecified atom stereocenters. The molecular formula is C38H49Cl2N17O9. The SMILES string of the molecule is O=C(CO)N[C@H]1C[C@@H](n2cnc3c(NC4CCC(Nc5ncnc(NC6CCC(Nc7nc(Cl)nc8c7ncn8[C@@H]7O[C@H](NC(=O)CO)[C@@H](O)[C@H]7O)CC6)n5)CC4)nc(Cl)nc32)[C@H](O)[C@@H]1O. The average Bonchev–Trinajstić information content (AvgIpc) is 4.06. The Bertz CT molecular complexity index is 2370. The van der Waals surface area contributed by atoms with Crippen LogP contribution in [0.2, 0.25) is 10.6 Å². The Labute approximate surface area is 384 Å². The van der Waals surface area contributed by atoms with E-state index in [1.54, 1.807) is 4.57 Å². The van der Waals surface area contributed by atoms with Crippen molar-refractivity contribution >= 4 is 80.9 Å². The Kier molecular flexibility index (Phi) is 13.4. The van der Waals surface area contributed by atoms with Crippen molar-refractivity contribution in [1.29, 1.82) is 0 Å². The van der Waals surface area contributed by atoms with Crippen molar-refractivity contribution in [3.8, 4) is 0 Å². The van der Waals surface area contributed by atoms with E-state index >= 15 is 0 Å². The summed E-state index contributed by atoms with van der Waals surface area (Å²) in [7, 11) is 0. The Morgan fingerprint density at radius 1 is 0.606 bits per heavy atom. The van der Waals surface area contributed by atoms with E-state index in [1.807, 2.05) is 0 Å². The van der Waals surface area contributed by atoms with Crippen molar-refractivity contribution in [2.45, 2.75) is 131 Å². The molecule has 354 valence electrons. The van der Waals surface area contributed by atoms with Crippen LogP contribution in [0.25, 0.3) is 22.3 Å². The van der Waals surface area contributed by atoms with Crippen molar-refractivity contribution in [2.75, 3.05) is 34.5 Å². The molecule has 1 aliphatic heterocycles. The third kappa shape index (κ3) is 9.54. The normalized spacial score (nSPS) is 30.1. The number of nitrogens with zero attached hydrogens (tertiary/aromatic N) is 11. The first-order valence-electron chi connectivity index (χ1n) is 21.6. The number of rotatable bonds is 14. The van der Waals surface area contributed by atoms with E-state index in [0.717, 1.165) is 51.4 Å². The zero-order valence-corrected chi connectivity index (χ0v) is 36.5. The van der Waals surface area contributed by atoms with Gasteiger partial charge in [0.15, 0.2) is 46.4 Å². The standard InChI is InChI=1S/C38H49Cl2N17O9/c39-35-51-29(23-31(53-35)56(13-43-23)20-9-19(25(62)26(20)63)49-21(60)10-58)45-15-1-5-17(6-2-15)47-37-41-12-42-38(55-37)48-18-7-3-16(4-8-18)46-30-24-32(54-36(40)52-30)57(14-44-24)34-28(65)27(64)33(66-34)50-22(61)11-59/h12-20,25-28,33-34,58-59,62-65H,1-11H2,(H,49,60)(H,50,61)(H,45,51,53)(H,46,52,54)(H2,41,42,47,48,55)/t15?,16?,17?,18?,19-,20+,25+,26-,27-,28+,33-,34+/m0/s1. The second-order valence-electron chi connectivity index (χ2n) is 16.9. The molecule has 0 aromatic carbocycles. The van der Waals surface area contributed by atoms with Crippen LogP contribution in [-0.4, -0.2) is 171 Å². The van der Waals surface area contributed by atoms with Crippen LogP contribution in [0.1, 0.15) is 70.1 Å². The van der Waals surface area contributed by atoms with Gasteiger partial charge in [0.2, 0.25) is 34.3 Å². The summed E-state index contributed by atoms with van der Waals surface area (Å²) in [4.78, 5) is 63.3. The minimum Gasteiger partial charge on any atom is -0.388 e. The summed E-state index contributed by atoms with van der Waals surface area (Å²) in [6.07, 6.45) is 3.03. The Morgan fingerprint density at radius 2 is 1.09 bits per heavy atom. The fourth-order valence-electron chi connectivity index (χ4n) is 9.25. The van der Waals surface area contributed by atoms with E-state index in [-0.39, 0.29) is 46.8 Å². The molecule has 1 saturated heterocycles. The van der Waals surface area contributed by atoms with Crippen molar-refractivity contribution in [1.82, 2.24) is 64.6 Å². The molecule has 66 heavy (non-hydrogen) atoms. The van der Waals surface area contributed by atoms with Crippen LogP contribution in [0.5, 0.6) is 0 Å². The van der Waals surface area contributed by atoms with Gasteiger partial charge in [-0.25, -0.2) is 19.9 Å². The average molecular weight is 959 g/mol. The number of aliphatic hydroxyl groups excluding tert-OH is 6. The smallest absolute Gasteiger partial charge is 0.247 e. The summed E-state index contributed by atoms with van der Waals surface area (Å²) in [5.41, 5.74) is 1.44. The molecule has 4 aliphatic rings. The van der Waals surface area contributed by atoms with Gasteiger partial charge >= 0.3 is 0 Å². The fourth-order valence-corrected chi connectivity index (χ4v) is 9.58. The molecule has 3 aliphatic carbocycles. The maximum absolute atomic E-state index is 11.8. The quantitative estimate of drug-likeness (QED) is 0.0591. The monoisotopic (exact) mass is 957 g/mol. The Hall–Kier alpha value is -5.45. The first-order chi connectivity index (χ1) is 31.8. The van der Waals surface area contributed by atoms with Gasteiger partial charge in [-0.05, 0) is 81.0 Å². The molecule has 4 fully saturated rings. The van der Waals surface area contributed by atoms with E-state index in [4.69, 9.17) is 38.2 Å². The fraction of sp³-hybridized carbons (Fsp3) is 0.605. The van der Waals surface area contributed by atoms with E-state index in [9.17, 15) is 30.0 Å². The first-order valence-corrected chi connectivity index (χ1v) is 22.3. The van der Waals surface area contributed by atoms with Gasteiger partial charge in [-0.2, -0.15) is 24.9 Å². The topological polar surface area (TPSA) is 363 Å². The highest BCUT2D eigenvalue weighted by atomic mass is 35.5. The minimum atomic E-state index is -1.48. The molecule has 5 aromatic rings. The number of imidazole rings is 2. The molecule has 26 nitrogen and oxygen atoms in total. The number of amides is 2. The zero-order chi connectivity index (χ0) is 46.2. The van der Waals surface area contributed by atoms with Crippen LogP contribution in [0, 0.1) is 0 Å².